The smallest absolute Gasteiger partial charge is 0.147 e. The van der Waals surface area contributed by atoms with E-state index in [1.165, 1.54) is 0 Å². The van der Waals surface area contributed by atoms with Gasteiger partial charge in [0, 0.05) is 17.2 Å². The van der Waals surface area contributed by atoms with Crippen molar-refractivity contribution in [2.45, 2.75) is 51.3 Å². The van der Waals surface area contributed by atoms with Crippen LogP contribution in [0.1, 0.15) is 39.1 Å². The first-order valence-electron chi connectivity index (χ1n) is 6.00. The molecule has 1 heterocycles. The summed E-state index contributed by atoms with van der Waals surface area (Å²) >= 11 is 1.79. The molecule has 1 unspecified atom stereocenters. The van der Waals surface area contributed by atoms with Gasteiger partial charge in [0.2, 0.25) is 0 Å². The van der Waals surface area contributed by atoms with Gasteiger partial charge in [-0.15, -0.1) is 11.8 Å². The Morgan fingerprint density at radius 2 is 1.94 bits per heavy atom. The van der Waals surface area contributed by atoms with Crippen molar-refractivity contribution in [1.82, 2.24) is 9.97 Å². The first-order chi connectivity index (χ1) is 7.99. The molecule has 17 heavy (non-hydrogen) atoms. The third-order valence-electron chi connectivity index (χ3n) is 2.84. The molecule has 3 N–H and O–H groups in total. The van der Waals surface area contributed by atoms with Crippen LogP contribution in [-0.4, -0.2) is 15.2 Å². The van der Waals surface area contributed by atoms with Crippen LogP contribution in [0.15, 0.2) is 5.03 Å². The SMILES string of the molecule is CCc1nc(NN)c(C)c(SC(C)C(C)C)n1. The van der Waals surface area contributed by atoms with E-state index in [0.717, 1.165) is 28.7 Å². The zero-order valence-electron chi connectivity index (χ0n) is 11.2. The largest absolute Gasteiger partial charge is 0.308 e. The molecule has 0 saturated carbocycles. The van der Waals surface area contributed by atoms with Crippen molar-refractivity contribution < 1.29 is 0 Å². The van der Waals surface area contributed by atoms with E-state index in [-0.39, 0.29) is 0 Å². The van der Waals surface area contributed by atoms with Gasteiger partial charge in [-0.3, -0.25) is 0 Å². The summed E-state index contributed by atoms with van der Waals surface area (Å²) in [6.45, 7) is 10.7. The van der Waals surface area contributed by atoms with Gasteiger partial charge >= 0.3 is 0 Å². The molecule has 96 valence electrons. The predicted molar refractivity (Wildman–Crippen MR) is 74.1 cm³/mol. The van der Waals surface area contributed by atoms with E-state index in [1.807, 2.05) is 13.8 Å². The number of hydrogen-bond acceptors (Lipinski definition) is 5. The number of rotatable bonds is 5. The molecule has 5 heteroatoms. The summed E-state index contributed by atoms with van der Waals surface area (Å²) in [5, 5.41) is 1.56. The first kappa shape index (κ1) is 14.3. The number of aryl methyl sites for hydroxylation is 1. The van der Waals surface area contributed by atoms with Crippen molar-refractivity contribution >= 4 is 17.6 Å². The fraction of sp³-hybridized carbons (Fsp3) is 0.667. The minimum atomic E-state index is 0.527. The second kappa shape index (κ2) is 6.21. The lowest BCUT2D eigenvalue weighted by Crippen LogP contribution is -2.14. The van der Waals surface area contributed by atoms with Crippen LogP contribution in [0.4, 0.5) is 5.82 Å². The van der Waals surface area contributed by atoms with Gasteiger partial charge in [-0.2, -0.15) is 0 Å². The number of hydrazine groups is 1. The Hall–Kier alpha value is -0.810. The zero-order chi connectivity index (χ0) is 13.0. The summed E-state index contributed by atoms with van der Waals surface area (Å²) in [4.78, 5) is 8.94. The fourth-order valence-corrected chi connectivity index (χ4v) is 2.32. The molecule has 0 spiro atoms. The lowest BCUT2D eigenvalue weighted by molar-refractivity contribution is 0.641. The number of nitrogens with one attached hydrogen (secondary N) is 1. The van der Waals surface area contributed by atoms with Gasteiger partial charge in [0.15, 0.2) is 0 Å². The summed E-state index contributed by atoms with van der Waals surface area (Å²) < 4.78 is 0. The van der Waals surface area contributed by atoms with E-state index in [9.17, 15) is 0 Å². The van der Waals surface area contributed by atoms with Crippen LogP contribution >= 0.6 is 11.8 Å². The van der Waals surface area contributed by atoms with E-state index in [2.05, 4.69) is 36.2 Å². The molecule has 0 bridgehead atoms. The predicted octanol–water partition coefficient (Wildman–Crippen LogP) is 2.77. The number of anilines is 1. The second-order valence-electron chi connectivity index (χ2n) is 4.48. The van der Waals surface area contributed by atoms with E-state index in [1.54, 1.807) is 11.8 Å². The standard InChI is InChI=1S/C12H22N4S/c1-6-10-14-11(16-13)8(4)12(15-10)17-9(5)7(2)3/h7,9H,6,13H2,1-5H3,(H,14,15,16). The molecule has 1 aromatic heterocycles. The number of nitrogen functional groups attached to an aromatic ring is 1. The summed E-state index contributed by atoms with van der Waals surface area (Å²) in [5.74, 6) is 7.67. The topological polar surface area (TPSA) is 63.8 Å². The molecule has 0 aliphatic heterocycles. The Labute approximate surface area is 108 Å². The molecule has 0 radical (unpaired) electrons. The highest BCUT2D eigenvalue weighted by Gasteiger charge is 2.15. The van der Waals surface area contributed by atoms with Crippen LogP contribution in [-0.2, 0) is 6.42 Å². The molecular weight excluding hydrogens is 232 g/mol. The summed E-state index contributed by atoms with van der Waals surface area (Å²) in [5.41, 5.74) is 3.68. The third-order valence-corrected chi connectivity index (χ3v) is 4.37. The van der Waals surface area contributed by atoms with Crippen LogP contribution in [0.5, 0.6) is 0 Å². The highest BCUT2D eigenvalue weighted by molar-refractivity contribution is 7.99. The van der Waals surface area contributed by atoms with Crippen molar-refractivity contribution in [3.8, 4) is 0 Å². The molecule has 1 aromatic rings. The molecule has 0 saturated heterocycles. The van der Waals surface area contributed by atoms with Crippen molar-refractivity contribution in [2.75, 3.05) is 5.43 Å². The van der Waals surface area contributed by atoms with Gasteiger partial charge in [-0.1, -0.05) is 27.7 Å². The first-order valence-corrected chi connectivity index (χ1v) is 6.88. The number of hydrogen-bond donors (Lipinski definition) is 2. The third kappa shape index (κ3) is 3.57. The molecule has 1 atom stereocenters. The zero-order valence-corrected chi connectivity index (χ0v) is 12.1. The van der Waals surface area contributed by atoms with E-state index in [4.69, 9.17) is 5.84 Å². The average Bonchev–Trinajstić information content (AvgIpc) is 2.31. The van der Waals surface area contributed by atoms with E-state index in [0.29, 0.717) is 11.2 Å². The lowest BCUT2D eigenvalue weighted by atomic mass is 10.2. The number of nitrogens with zero attached hydrogens (tertiary/aromatic N) is 2. The maximum absolute atomic E-state index is 5.48. The van der Waals surface area contributed by atoms with Gasteiger partial charge < -0.3 is 5.43 Å². The van der Waals surface area contributed by atoms with E-state index < -0.39 is 0 Å². The highest BCUT2D eigenvalue weighted by Crippen LogP contribution is 2.31. The number of nitrogens with two attached hydrogens (primary N) is 1. The summed E-state index contributed by atoms with van der Waals surface area (Å²) in [6.07, 6.45) is 0.818. The maximum atomic E-state index is 5.48. The van der Waals surface area contributed by atoms with Crippen LogP contribution in [0.2, 0.25) is 0 Å². The van der Waals surface area contributed by atoms with Gasteiger partial charge in [0.25, 0.3) is 0 Å². The fourth-order valence-electron chi connectivity index (χ4n) is 1.27. The van der Waals surface area contributed by atoms with Crippen molar-refractivity contribution in [1.29, 1.82) is 0 Å². The molecule has 1 rings (SSSR count). The Bertz CT molecular complexity index is 379. The van der Waals surface area contributed by atoms with Gasteiger partial charge in [0.1, 0.15) is 16.7 Å². The monoisotopic (exact) mass is 254 g/mol. The van der Waals surface area contributed by atoms with Crippen molar-refractivity contribution in [3.05, 3.63) is 11.4 Å². The van der Waals surface area contributed by atoms with Gasteiger partial charge in [-0.05, 0) is 12.8 Å². The molecular formula is C12H22N4S. The molecule has 0 fully saturated rings. The Balaban J connectivity index is 3.05. The average molecular weight is 254 g/mol. The Kier molecular flexibility index (Phi) is 5.21. The molecule has 0 aliphatic rings. The Morgan fingerprint density at radius 3 is 2.41 bits per heavy atom. The maximum Gasteiger partial charge on any atom is 0.147 e. The minimum absolute atomic E-state index is 0.527. The molecule has 0 aliphatic carbocycles. The van der Waals surface area contributed by atoms with E-state index >= 15 is 0 Å². The molecule has 0 amide bonds. The highest BCUT2D eigenvalue weighted by atomic mass is 32.2. The van der Waals surface area contributed by atoms with Gasteiger partial charge in [0.05, 0.1) is 0 Å². The number of aromatic nitrogens is 2. The summed E-state index contributed by atoms with van der Waals surface area (Å²) in [6, 6.07) is 0. The normalized spacial score (nSPS) is 12.9. The van der Waals surface area contributed by atoms with Gasteiger partial charge in [-0.25, -0.2) is 15.8 Å². The summed E-state index contributed by atoms with van der Waals surface area (Å²) in [7, 11) is 0. The molecule has 0 aromatic carbocycles. The van der Waals surface area contributed by atoms with Crippen molar-refractivity contribution in [2.24, 2.45) is 11.8 Å². The minimum Gasteiger partial charge on any atom is -0.308 e. The lowest BCUT2D eigenvalue weighted by Gasteiger charge is -2.17. The Morgan fingerprint density at radius 1 is 1.29 bits per heavy atom. The van der Waals surface area contributed by atoms with Crippen LogP contribution in [0, 0.1) is 12.8 Å². The molecule has 4 nitrogen and oxygen atoms in total. The van der Waals surface area contributed by atoms with Crippen LogP contribution in [0.3, 0.4) is 0 Å². The van der Waals surface area contributed by atoms with Crippen LogP contribution < -0.4 is 11.3 Å². The number of thioether (sulfide) groups is 1. The van der Waals surface area contributed by atoms with Crippen molar-refractivity contribution in [3.63, 3.8) is 0 Å². The second-order valence-corrected chi connectivity index (χ2v) is 5.85. The quantitative estimate of drug-likeness (QED) is 0.366. The van der Waals surface area contributed by atoms with Crippen LogP contribution in [0.25, 0.3) is 0 Å².